The quantitative estimate of drug-likeness (QED) is 0.796. The fourth-order valence-corrected chi connectivity index (χ4v) is 3.14. The van der Waals surface area contributed by atoms with Gasteiger partial charge in [0.05, 0.1) is 5.48 Å². The molecular formula is C14H15Cl2NS. The van der Waals surface area contributed by atoms with Gasteiger partial charge in [-0.1, -0.05) is 29.7 Å². The molecule has 0 spiro atoms. The molecule has 0 saturated heterocycles. The molecule has 1 aromatic carbocycles. The normalized spacial score (nSPS) is 18.1. The van der Waals surface area contributed by atoms with Crippen molar-refractivity contribution in [3.05, 3.63) is 56.6 Å². The molecule has 2 heterocycles. The molecule has 96 valence electrons. The Kier molecular flexibility index (Phi) is 3.16. The van der Waals surface area contributed by atoms with Gasteiger partial charge in [0.2, 0.25) is 0 Å². The van der Waals surface area contributed by atoms with Crippen molar-refractivity contribution in [1.29, 1.82) is 0 Å². The van der Waals surface area contributed by atoms with Crippen molar-refractivity contribution < 1.29 is 5.48 Å². The molecule has 4 heteroatoms. The average Bonchev–Trinajstić information content (AvgIpc) is 2.95. The van der Waals surface area contributed by atoms with E-state index in [-0.39, 0.29) is 41.6 Å². The lowest BCUT2D eigenvalue weighted by molar-refractivity contribution is 0.247. The molecule has 1 aromatic heterocycles. The van der Waals surface area contributed by atoms with Crippen LogP contribution >= 0.6 is 35.3 Å². The van der Waals surface area contributed by atoms with Crippen LogP contribution in [0.3, 0.4) is 0 Å². The molecule has 0 N–H and O–H groups in total. The Labute approximate surface area is 128 Å². The maximum absolute atomic E-state index is 8.01. The van der Waals surface area contributed by atoms with Gasteiger partial charge in [0, 0.05) is 29.5 Å². The zero-order chi connectivity index (χ0) is 15.1. The summed E-state index contributed by atoms with van der Waals surface area (Å²) >= 11 is 7.91. The summed E-state index contributed by atoms with van der Waals surface area (Å²) in [5, 5.41) is 2.23. The second-order valence-corrected chi connectivity index (χ2v) is 5.50. The molecule has 0 saturated carbocycles. The molecule has 0 atom stereocenters. The van der Waals surface area contributed by atoms with E-state index in [0.29, 0.717) is 12.1 Å². The monoisotopic (exact) mass is 303 g/mol. The molecule has 0 fully saturated rings. The van der Waals surface area contributed by atoms with Gasteiger partial charge in [-0.2, -0.15) is 0 Å². The van der Waals surface area contributed by atoms with Crippen LogP contribution in [0.5, 0.6) is 0 Å². The third kappa shape index (κ3) is 2.89. The van der Waals surface area contributed by atoms with E-state index in [1.54, 1.807) is 11.3 Å². The van der Waals surface area contributed by atoms with Gasteiger partial charge in [0.1, 0.15) is 0 Å². The zero-order valence-corrected chi connectivity index (χ0v) is 12.0. The summed E-state index contributed by atoms with van der Waals surface area (Å²) in [5.41, 5.74) is 1.80. The van der Waals surface area contributed by atoms with Gasteiger partial charge in [-0.15, -0.1) is 23.7 Å². The van der Waals surface area contributed by atoms with Gasteiger partial charge < -0.3 is 0 Å². The topological polar surface area (TPSA) is 3.24 Å². The summed E-state index contributed by atoms with van der Waals surface area (Å²) in [4.78, 5) is 3.59. The first-order valence-corrected chi connectivity index (χ1v) is 6.77. The number of thiophene rings is 1. The molecule has 18 heavy (non-hydrogen) atoms. The molecule has 1 aliphatic rings. The van der Waals surface area contributed by atoms with Gasteiger partial charge in [0.15, 0.2) is 0 Å². The highest BCUT2D eigenvalue weighted by Gasteiger charge is 2.17. The highest BCUT2D eigenvalue weighted by Crippen LogP contribution is 2.26. The molecular weight excluding hydrogens is 285 g/mol. The predicted octanol–water partition coefficient (Wildman–Crippen LogP) is 4.38. The number of nitrogens with zero attached hydrogens (tertiary/aromatic N) is 1. The first-order valence-electron chi connectivity index (χ1n) is 7.51. The van der Waals surface area contributed by atoms with Crippen molar-refractivity contribution >= 4 is 35.3 Å². The molecule has 1 nitrogen and oxygen atoms in total. The number of hydrogen-bond donors (Lipinski definition) is 0. The molecule has 0 unspecified atom stereocenters. The molecule has 2 aromatic rings. The van der Waals surface area contributed by atoms with Crippen LogP contribution in [0, 0.1) is 0 Å². The van der Waals surface area contributed by atoms with Crippen molar-refractivity contribution in [2.24, 2.45) is 0 Å². The summed E-state index contributed by atoms with van der Waals surface area (Å²) in [6.45, 7) is 2.13. The summed E-state index contributed by atoms with van der Waals surface area (Å²) in [6, 6.07) is 1.45. The van der Waals surface area contributed by atoms with Gasteiger partial charge in [-0.05, 0) is 35.0 Å². The molecule has 0 aliphatic carbocycles. The van der Waals surface area contributed by atoms with Gasteiger partial charge in [0.25, 0.3) is 0 Å². The highest BCUT2D eigenvalue weighted by atomic mass is 35.5. The highest BCUT2D eigenvalue weighted by molar-refractivity contribution is 7.10. The maximum Gasteiger partial charge on any atom is 0.0639 e. The fourth-order valence-electron chi connectivity index (χ4n) is 2.10. The van der Waals surface area contributed by atoms with E-state index in [1.807, 2.05) is 0 Å². The molecule has 0 amide bonds. The first kappa shape index (κ1) is 9.38. The first-order chi connectivity index (χ1) is 9.99. The SMILES string of the molecule is Cl.[2H]c1c([2H])c([2H])c(CN2CCc3sccc3C2)c(Cl)c1[2H]. The lowest BCUT2D eigenvalue weighted by Gasteiger charge is -2.27. The standard InChI is InChI=1S/C14H14ClNS.ClH/c15-13-4-2-1-3-11(13)9-16-7-5-14-12(10-16)6-8-17-14;/h1-4,6,8H,5,7,9-10H2;1H/i1D,2D,3D,4D;. The van der Waals surface area contributed by atoms with Crippen LogP contribution in [-0.2, 0) is 19.5 Å². The van der Waals surface area contributed by atoms with Crippen LogP contribution in [-0.4, -0.2) is 11.4 Å². The molecule has 0 bridgehead atoms. The number of hydrogen-bond acceptors (Lipinski definition) is 2. The third-order valence-electron chi connectivity index (χ3n) is 2.98. The van der Waals surface area contributed by atoms with Crippen LogP contribution in [0.1, 0.15) is 21.5 Å². The van der Waals surface area contributed by atoms with Crippen LogP contribution < -0.4 is 0 Å². The predicted molar refractivity (Wildman–Crippen MR) is 80.8 cm³/mol. The minimum atomic E-state index is -0.271. The largest absolute Gasteiger partial charge is 0.294 e. The second kappa shape index (κ2) is 6.07. The van der Waals surface area contributed by atoms with Gasteiger partial charge >= 0.3 is 0 Å². The molecule has 0 radical (unpaired) electrons. The number of halogens is 2. The van der Waals surface area contributed by atoms with Crippen molar-refractivity contribution in [3.63, 3.8) is 0 Å². The Morgan fingerprint density at radius 1 is 1.39 bits per heavy atom. The van der Waals surface area contributed by atoms with E-state index in [4.69, 9.17) is 17.1 Å². The van der Waals surface area contributed by atoms with Crippen LogP contribution in [0.4, 0.5) is 0 Å². The summed E-state index contributed by atoms with van der Waals surface area (Å²) in [6.07, 6.45) is 0.982. The Hall–Kier alpha value is -0.540. The van der Waals surface area contributed by atoms with E-state index < -0.39 is 0 Å². The fraction of sp³-hybridized carbons (Fsp3) is 0.286. The summed E-state index contributed by atoms with van der Waals surface area (Å²) in [5.74, 6) is 0. The zero-order valence-electron chi connectivity index (χ0n) is 13.6. The third-order valence-corrected chi connectivity index (χ3v) is 4.33. The second-order valence-electron chi connectivity index (χ2n) is 4.12. The van der Waals surface area contributed by atoms with Crippen molar-refractivity contribution in [3.8, 4) is 0 Å². The Morgan fingerprint density at radius 2 is 2.22 bits per heavy atom. The van der Waals surface area contributed by atoms with E-state index in [2.05, 4.69) is 16.3 Å². The van der Waals surface area contributed by atoms with Crippen molar-refractivity contribution in [2.75, 3.05) is 6.54 Å². The minimum Gasteiger partial charge on any atom is -0.294 e. The smallest absolute Gasteiger partial charge is 0.0639 e. The van der Waals surface area contributed by atoms with E-state index in [1.165, 1.54) is 10.4 Å². The van der Waals surface area contributed by atoms with Crippen LogP contribution in [0.2, 0.25) is 5.02 Å². The summed E-state index contributed by atoms with van der Waals surface area (Å²) < 4.78 is 31.2. The lowest BCUT2D eigenvalue weighted by Crippen LogP contribution is -2.29. The van der Waals surface area contributed by atoms with Crippen molar-refractivity contribution in [1.82, 2.24) is 4.90 Å². The van der Waals surface area contributed by atoms with Gasteiger partial charge in [-0.3, -0.25) is 4.90 Å². The Bertz CT molecular complexity index is 675. The van der Waals surface area contributed by atoms with E-state index in [9.17, 15) is 0 Å². The number of fused-ring (bicyclic) bond motifs is 1. The lowest BCUT2D eigenvalue weighted by atomic mass is 10.1. The van der Waals surface area contributed by atoms with Crippen LogP contribution in [0.25, 0.3) is 0 Å². The number of benzene rings is 1. The Morgan fingerprint density at radius 3 is 3.11 bits per heavy atom. The van der Waals surface area contributed by atoms with Gasteiger partial charge in [-0.25, -0.2) is 0 Å². The number of rotatable bonds is 2. The average molecular weight is 304 g/mol. The molecule has 3 rings (SSSR count). The Balaban J connectivity index is 0.00000176. The van der Waals surface area contributed by atoms with Crippen molar-refractivity contribution in [2.45, 2.75) is 19.5 Å². The summed E-state index contributed by atoms with van der Waals surface area (Å²) in [7, 11) is 0. The maximum atomic E-state index is 8.01. The van der Waals surface area contributed by atoms with E-state index in [0.717, 1.165) is 19.5 Å². The minimum absolute atomic E-state index is 0. The van der Waals surface area contributed by atoms with Crippen LogP contribution in [0.15, 0.2) is 35.6 Å². The molecule has 1 aliphatic heterocycles. The van der Waals surface area contributed by atoms with E-state index >= 15 is 0 Å².